The lowest BCUT2D eigenvalue weighted by molar-refractivity contribution is -0.146. The van der Waals surface area contributed by atoms with E-state index in [2.05, 4.69) is 9.47 Å². The Morgan fingerprint density at radius 1 is 1.25 bits per heavy atom. The van der Waals surface area contributed by atoms with Gasteiger partial charge in [-0.05, 0) is 6.92 Å². The van der Waals surface area contributed by atoms with Crippen molar-refractivity contribution in [2.24, 2.45) is 0 Å². The lowest BCUT2D eigenvalue weighted by Gasteiger charge is -2.12. The Morgan fingerprint density at radius 3 is 2.50 bits per heavy atom. The van der Waals surface area contributed by atoms with Gasteiger partial charge in [0, 0.05) is 6.61 Å². The molecule has 0 bridgehead atoms. The summed E-state index contributed by atoms with van der Waals surface area (Å²) in [7, 11) is 0. The number of hydrogen-bond acceptors (Lipinski definition) is 5. The van der Waals surface area contributed by atoms with Gasteiger partial charge in [-0.2, -0.15) is 0 Å². The summed E-state index contributed by atoms with van der Waals surface area (Å²) in [5.41, 5.74) is 0. The summed E-state index contributed by atoms with van der Waals surface area (Å²) >= 11 is 0. The van der Waals surface area contributed by atoms with Crippen LogP contribution in [0.3, 0.4) is 0 Å². The molecule has 70 valence electrons. The van der Waals surface area contributed by atoms with Crippen LogP contribution >= 0.6 is 0 Å². The van der Waals surface area contributed by atoms with E-state index >= 15 is 0 Å². The number of hydrogen-bond donors (Lipinski definition) is 0. The molecule has 0 amide bonds. The van der Waals surface area contributed by atoms with Gasteiger partial charge in [0.25, 0.3) is 12.9 Å². The van der Waals surface area contributed by atoms with Crippen LogP contribution < -0.4 is 0 Å². The molecule has 0 fully saturated rings. The smallest absolute Gasteiger partial charge is 0.293 e. The maximum Gasteiger partial charge on any atom is 0.293 e. The van der Waals surface area contributed by atoms with E-state index in [9.17, 15) is 9.59 Å². The molecule has 0 rings (SSSR count). The molecule has 0 aliphatic rings. The Balaban J connectivity index is 3.52. The van der Waals surface area contributed by atoms with E-state index in [4.69, 9.17) is 4.74 Å². The number of rotatable bonds is 8. The molecule has 0 aromatic carbocycles. The third-order valence-corrected chi connectivity index (χ3v) is 1.11. The van der Waals surface area contributed by atoms with Crippen molar-refractivity contribution in [1.29, 1.82) is 0 Å². The van der Waals surface area contributed by atoms with Gasteiger partial charge in [-0.1, -0.05) is 0 Å². The Labute approximate surface area is 70.6 Å². The lowest BCUT2D eigenvalue weighted by atomic mass is 10.4. The first-order valence-corrected chi connectivity index (χ1v) is 3.57. The SMILES string of the molecule is CCOCC(COC=O)OC=O. The van der Waals surface area contributed by atoms with Gasteiger partial charge >= 0.3 is 0 Å². The summed E-state index contributed by atoms with van der Waals surface area (Å²) in [5.74, 6) is 0. The van der Waals surface area contributed by atoms with Crippen LogP contribution in [0.1, 0.15) is 6.92 Å². The van der Waals surface area contributed by atoms with Crippen LogP contribution in [0.15, 0.2) is 0 Å². The molecular formula is C7H12O5. The summed E-state index contributed by atoms with van der Waals surface area (Å²) in [6.07, 6.45) is -0.507. The van der Waals surface area contributed by atoms with Crippen LogP contribution in [0.25, 0.3) is 0 Å². The maximum atomic E-state index is 9.92. The van der Waals surface area contributed by atoms with Crippen molar-refractivity contribution in [1.82, 2.24) is 0 Å². The Kier molecular flexibility index (Phi) is 7.27. The first kappa shape index (κ1) is 10.9. The van der Waals surface area contributed by atoms with Crippen LogP contribution in [0.5, 0.6) is 0 Å². The monoisotopic (exact) mass is 176 g/mol. The molecule has 5 heteroatoms. The van der Waals surface area contributed by atoms with Crippen LogP contribution in [-0.2, 0) is 23.8 Å². The van der Waals surface area contributed by atoms with Crippen molar-refractivity contribution in [2.45, 2.75) is 13.0 Å². The van der Waals surface area contributed by atoms with E-state index in [-0.39, 0.29) is 13.2 Å². The van der Waals surface area contributed by atoms with Gasteiger partial charge in [0.1, 0.15) is 6.61 Å². The van der Waals surface area contributed by atoms with Crippen LogP contribution in [0, 0.1) is 0 Å². The molecule has 0 saturated heterocycles. The third-order valence-electron chi connectivity index (χ3n) is 1.11. The van der Waals surface area contributed by atoms with E-state index in [1.165, 1.54) is 0 Å². The highest BCUT2D eigenvalue weighted by atomic mass is 16.6. The normalized spacial score (nSPS) is 11.8. The average Bonchev–Trinajstić information content (AvgIpc) is 2.10. The summed E-state index contributed by atoms with van der Waals surface area (Å²) in [6, 6.07) is 0. The molecule has 0 aliphatic heterocycles. The summed E-state index contributed by atoms with van der Waals surface area (Å²) in [4.78, 5) is 19.7. The summed E-state index contributed by atoms with van der Waals surface area (Å²) in [6.45, 7) is 3.22. The zero-order valence-electron chi connectivity index (χ0n) is 6.89. The van der Waals surface area contributed by atoms with Crippen LogP contribution in [0.4, 0.5) is 0 Å². The topological polar surface area (TPSA) is 61.8 Å². The standard InChI is InChI=1S/C7H12O5/c1-2-10-3-7(12-6-9)4-11-5-8/h5-7H,2-4H2,1H3. The zero-order chi connectivity index (χ0) is 9.23. The molecule has 0 aromatic heterocycles. The fourth-order valence-corrected chi connectivity index (χ4v) is 0.601. The first-order chi connectivity index (χ1) is 5.85. The van der Waals surface area contributed by atoms with Crippen molar-refractivity contribution in [3.8, 4) is 0 Å². The fraction of sp³-hybridized carbons (Fsp3) is 0.714. The highest BCUT2D eigenvalue weighted by molar-refractivity contribution is 5.38. The van der Waals surface area contributed by atoms with E-state index < -0.39 is 6.10 Å². The molecule has 1 unspecified atom stereocenters. The quantitative estimate of drug-likeness (QED) is 0.477. The Hall–Kier alpha value is -1.10. The number of carbonyl (C=O) groups excluding carboxylic acids is 2. The molecule has 0 radical (unpaired) electrons. The largest absolute Gasteiger partial charge is 0.464 e. The van der Waals surface area contributed by atoms with E-state index in [0.717, 1.165) is 0 Å². The molecule has 0 saturated carbocycles. The van der Waals surface area contributed by atoms with Gasteiger partial charge in [-0.25, -0.2) is 0 Å². The van der Waals surface area contributed by atoms with Gasteiger partial charge in [0.05, 0.1) is 6.61 Å². The molecule has 1 atom stereocenters. The second-order valence-electron chi connectivity index (χ2n) is 1.94. The van der Waals surface area contributed by atoms with Crippen molar-refractivity contribution in [2.75, 3.05) is 19.8 Å². The number of carbonyl (C=O) groups is 2. The predicted molar refractivity (Wildman–Crippen MR) is 39.4 cm³/mol. The minimum atomic E-state index is -0.507. The Morgan fingerprint density at radius 2 is 2.00 bits per heavy atom. The van der Waals surface area contributed by atoms with Gasteiger partial charge in [-0.15, -0.1) is 0 Å². The molecule has 0 heterocycles. The zero-order valence-corrected chi connectivity index (χ0v) is 6.89. The van der Waals surface area contributed by atoms with E-state index in [0.29, 0.717) is 19.6 Å². The molecule has 0 aliphatic carbocycles. The van der Waals surface area contributed by atoms with Gasteiger partial charge in [-0.3, -0.25) is 9.59 Å². The van der Waals surface area contributed by atoms with Gasteiger partial charge < -0.3 is 14.2 Å². The molecular weight excluding hydrogens is 164 g/mol. The van der Waals surface area contributed by atoms with Crippen LogP contribution in [-0.4, -0.2) is 38.9 Å². The van der Waals surface area contributed by atoms with Crippen LogP contribution in [0.2, 0.25) is 0 Å². The van der Waals surface area contributed by atoms with E-state index in [1.807, 2.05) is 6.92 Å². The molecule has 5 nitrogen and oxygen atoms in total. The first-order valence-electron chi connectivity index (χ1n) is 3.57. The van der Waals surface area contributed by atoms with Gasteiger partial charge in [0.2, 0.25) is 0 Å². The molecule has 12 heavy (non-hydrogen) atoms. The van der Waals surface area contributed by atoms with Crippen molar-refractivity contribution in [3.05, 3.63) is 0 Å². The molecule has 0 aromatic rings. The maximum absolute atomic E-state index is 9.92. The van der Waals surface area contributed by atoms with Crippen molar-refractivity contribution < 1.29 is 23.8 Å². The summed E-state index contributed by atoms with van der Waals surface area (Å²) in [5, 5.41) is 0. The van der Waals surface area contributed by atoms with Crippen molar-refractivity contribution in [3.63, 3.8) is 0 Å². The highest BCUT2D eigenvalue weighted by Crippen LogP contribution is 1.92. The van der Waals surface area contributed by atoms with E-state index in [1.54, 1.807) is 0 Å². The molecule has 0 N–H and O–H groups in total. The fourth-order valence-electron chi connectivity index (χ4n) is 0.601. The number of ether oxygens (including phenoxy) is 3. The Bertz CT molecular complexity index is 125. The minimum Gasteiger partial charge on any atom is -0.464 e. The van der Waals surface area contributed by atoms with Crippen molar-refractivity contribution >= 4 is 12.9 Å². The minimum absolute atomic E-state index is 0.0300. The third kappa shape index (κ3) is 5.67. The molecule has 0 spiro atoms. The summed E-state index contributed by atoms with van der Waals surface area (Å²) < 4.78 is 13.9. The predicted octanol–water partition coefficient (Wildman–Crippen LogP) is -0.263. The second-order valence-corrected chi connectivity index (χ2v) is 1.94. The average molecular weight is 176 g/mol. The second kappa shape index (κ2) is 8.00. The van der Waals surface area contributed by atoms with Gasteiger partial charge in [0.15, 0.2) is 6.10 Å². The lowest BCUT2D eigenvalue weighted by Crippen LogP contribution is -2.25. The highest BCUT2D eigenvalue weighted by Gasteiger charge is 2.08.